The summed E-state index contributed by atoms with van der Waals surface area (Å²) in [7, 11) is 0. The highest BCUT2D eigenvalue weighted by Gasteiger charge is 2.10. The van der Waals surface area contributed by atoms with Crippen LogP contribution in [0.4, 0.5) is 14.5 Å². The van der Waals surface area contributed by atoms with E-state index in [1.807, 2.05) is 49.4 Å². The van der Waals surface area contributed by atoms with Gasteiger partial charge in [-0.3, -0.25) is 0 Å². The molecule has 0 saturated carbocycles. The molecule has 3 aromatic rings. The monoisotopic (exact) mass is 283 g/mol. The average molecular weight is 283 g/mol. The normalized spacial score (nSPS) is 12.3. The molecule has 0 spiro atoms. The van der Waals surface area contributed by atoms with Crippen LogP contribution in [0.5, 0.6) is 0 Å². The number of rotatable bonds is 3. The van der Waals surface area contributed by atoms with Crippen molar-refractivity contribution in [2.24, 2.45) is 0 Å². The fourth-order valence-corrected chi connectivity index (χ4v) is 2.49. The molecule has 1 N–H and O–H groups in total. The molecule has 0 amide bonds. The third-order valence-corrected chi connectivity index (χ3v) is 3.55. The Bertz CT molecular complexity index is 758. The quantitative estimate of drug-likeness (QED) is 0.688. The number of anilines is 1. The highest BCUT2D eigenvalue weighted by molar-refractivity contribution is 5.93. The molecule has 0 aliphatic rings. The summed E-state index contributed by atoms with van der Waals surface area (Å²) in [6, 6.07) is 17.4. The van der Waals surface area contributed by atoms with Crippen LogP contribution in [0.25, 0.3) is 10.8 Å². The van der Waals surface area contributed by atoms with Crippen LogP contribution in [-0.2, 0) is 0 Å². The minimum Gasteiger partial charge on any atom is -0.378 e. The highest BCUT2D eigenvalue weighted by atomic mass is 19.1. The summed E-state index contributed by atoms with van der Waals surface area (Å²) in [5.41, 5.74) is 1.53. The zero-order valence-electron chi connectivity index (χ0n) is 11.6. The average Bonchev–Trinajstić information content (AvgIpc) is 2.46. The molecule has 1 atom stereocenters. The molecule has 0 saturated heterocycles. The van der Waals surface area contributed by atoms with Crippen molar-refractivity contribution in [1.29, 1.82) is 0 Å². The molecule has 0 bridgehead atoms. The lowest BCUT2D eigenvalue weighted by atomic mass is 10.1. The molecular weight excluding hydrogens is 268 g/mol. The standard InChI is InChI=1S/C18H15F2N/c1-12(14-9-15(19)11-16(20)10-14)21-18-8-4-6-13-5-2-3-7-17(13)18/h2-12,21H,1H3. The Kier molecular flexibility index (Phi) is 3.57. The first-order valence-electron chi connectivity index (χ1n) is 6.84. The van der Waals surface area contributed by atoms with E-state index in [2.05, 4.69) is 5.32 Å². The lowest BCUT2D eigenvalue weighted by Crippen LogP contribution is -2.07. The summed E-state index contributed by atoms with van der Waals surface area (Å²) >= 11 is 0. The van der Waals surface area contributed by atoms with Crippen LogP contribution >= 0.6 is 0 Å². The molecule has 0 aliphatic heterocycles. The summed E-state index contributed by atoms with van der Waals surface area (Å²) in [6.45, 7) is 1.88. The number of hydrogen-bond acceptors (Lipinski definition) is 1. The van der Waals surface area contributed by atoms with Gasteiger partial charge in [0.1, 0.15) is 11.6 Å². The van der Waals surface area contributed by atoms with Crippen molar-refractivity contribution in [3.05, 3.63) is 77.9 Å². The highest BCUT2D eigenvalue weighted by Crippen LogP contribution is 2.27. The van der Waals surface area contributed by atoms with Crippen LogP contribution < -0.4 is 5.32 Å². The molecule has 1 unspecified atom stereocenters. The van der Waals surface area contributed by atoms with E-state index in [0.717, 1.165) is 22.5 Å². The molecular formula is C18H15F2N. The molecule has 0 radical (unpaired) electrons. The Morgan fingerprint density at radius 3 is 2.29 bits per heavy atom. The van der Waals surface area contributed by atoms with E-state index >= 15 is 0 Å². The van der Waals surface area contributed by atoms with E-state index in [0.29, 0.717) is 5.56 Å². The van der Waals surface area contributed by atoms with Crippen LogP contribution in [0, 0.1) is 11.6 Å². The summed E-state index contributed by atoms with van der Waals surface area (Å²) < 4.78 is 26.6. The van der Waals surface area contributed by atoms with Crippen LogP contribution in [0.15, 0.2) is 60.7 Å². The fraction of sp³-hybridized carbons (Fsp3) is 0.111. The largest absolute Gasteiger partial charge is 0.378 e. The molecule has 0 fully saturated rings. The van der Waals surface area contributed by atoms with Crippen molar-refractivity contribution in [1.82, 2.24) is 0 Å². The number of nitrogens with one attached hydrogen (secondary N) is 1. The third kappa shape index (κ3) is 2.87. The second kappa shape index (κ2) is 5.52. The van der Waals surface area contributed by atoms with E-state index in [9.17, 15) is 8.78 Å². The maximum absolute atomic E-state index is 13.3. The minimum absolute atomic E-state index is 0.194. The Morgan fingerprint density at radius 2 is 1.52 bits per heavy atom. The van der Waals surface area contributed by atoms with Crippen molar-refractivity contribution >= 4 is 16.5 Å². The molecule has 3 aromatic carbocycles. The molecule has 3 heteroatoms. The maximum atomic E-state index is 13.3. The molecule has 0 aromatic heterocycles. The summed E-state index contributed by atoms with van der Waals surface area (Å²) in [5.74, 6) is -1.12. The lowest BCUT2D eigenvalue weighted by Gasteiger charge is -2.17. The van der Waals surface area contributed by atoms with Gasteiger partial charge in [-0.1, -0.05) is 36.4 Å². The van der Waals surface area contributed by atoms with Gasteiger partial charge in [-0.15, -0.1) is 0 Å². The lowest BCUT2D eigenvalue weighted by molar-refractivity contribution is 0.577. The number of benzene rings is 3. The Morgan fingerprint density at radius 1 is 0.857 bits per heavy atom. The van der Waals surface area contributed by atoms with Crippen LogP contribution in [0.3, 0.4) is 0 Å². The number of hydrogen-bond donors (Lipinski definition) is 1. The van der Waals surface area contributed by atoms with Crippen LogP contribution in [0.2, 0.25) is 0 Å². The predicted molar refractivity (Wildman–Crippen MR) is 82.3 cm³/mol. The first-order valence-corrected chi connectivity index (χ1v) is 6.84. The van der Waals surface area contributed by atoms with Crippen LogP contribution in [-0.4, -0.2) is 0 Å². The van der Waals surface area contributed by atoms with Gasteiger partial charge >= 0.3 is 0 Å². The van der Waals surface area contributed by atoms with Gasteiger partial charge in [0.05, 0.1) is 0 Å². The molecule has 1 nitrogen and oxygen atoms in total. The summed E-state index contributed by atoms with van der Waals surface area (Å²) in [4.78, 5) is 0. The third-order valence-electron chi connectivity index (χ3n) is 3.55. The molecule has 0 aliphatic carbocycles. The van der Waals surface area contributed by atoms with Crippen molar-refractivity contribution in [2.75, 3.05) is 5.32 Å². The van der Waals surface area contributed by atoms with Crippen LogP contribution in [0.1, 0.15) is 18.5 Å². The van der Waals surface area contributed by atoms with E-state index in [4.69, 9.17) is 0 Å². The predicted octanol–water partition coefficient (Wildman–Crippen LogP) is 5.29. The zero-order valence-corrected chi connectivity index (χ0v) is 11.6. The second-order valence-electron chi connectivity index (χ2n) is 5.10. The first-order chi connectivity index (χ1) is 10.1. The van der Waals surface area contributed by atoms with Gasteiger partial charge in [0.15, 0.2) is 0 Å². The second-order valence-corrected chi connectivity index (χ2v) is 5.10. The van der Waals surface area contributed by atoms with E-state index in [1.165, 1.54) is 12.1 Å². The fourth-order valence-electron chi connectivity index (χ4n) is 2.49. The number of fused-ring (bicyclic) bond motifs is 1. The van der Waals surface area contributed by atoms with Gasteiger partial charge in [-0.05, 0) is 36.1 Å². The van der Waals surface area contributed by atoms with Gasteiger partial charge in [0, 0.05) is 23.2 Å². The van der Waals surface area contributed by atoms with E-state index in [1.54, 1.807) is 0 Å². The van der Waals surface area contributed by atoms with Gasteiger partial charge in [0.25, 0.3) is 0 Å². The SMILES string of the molecule is CC(Nc1cccc2ccccc12)c1cc(F)cc(F)c1. The molecule has 0 heterocycles. The van der Waals surface area contributed by atoms with Crippen molar-refractivity contribution in [3.8, 4) is 0 Å². The van der Waals surface area contributed by atoms with Gasteiger partial charge in [-0.25, -0.2) is 8.78 Å². The van der Waals surface area contributed by atoms with Gasteiger partial charge in [-0.2, -0.15) is 0 Å². The molecule has 3 rings (SSSR count). The minimum atomic E-state index is -0.559. The van der Waals surface area contributed by atoms with Crippen molar-refractivity contribution < 1.29 is 8.78 Å². The smallest absolute Gasteiger partial charge is 0.126 e. The maximum Gasteiger partial charge on any atom is 0.126 e. The Balaban J connectivity index is 1.94. The van der Waals surface area contributed by atoms with E-state index in [-0.39, 0.29) is 6.04 Å². The van der Waals surface area contributed by atoms with Gasteiger partial charge < -0.3 is 5.32 Å². The zero-order chi connectivity index (χ0) is 14.8. The first kappa shape index (κ1) is 13.6. The van der Waals surface area contributed by atoms with Crippen molar-refractivity contribution in [3.63, 3.8) is 0 Å². The topological polar surface area (TPSA) is 12.0 Å². The summed E-state index contributed by atoms with van der Waals surface area (Å²) in [5, 5.41) is 5.53. The van der Waals surface area contributed by atoms with E-state index < -0.39 is 11.6 Å². The van der Waals surface area contributed by atoms with Crippen molar-refractivity contribution in [2.45, 2.75) is 13.0 Å². The molecule has 21 heavy (non-hydrogen) atoms. The Labute approximate surface area is 122 Å². The molecule has 106 valence electrons. The number of halogens is 2. The Hall–Kier alpha value is -2.42. The van der Waals surface area contributed by atoms with Gasteiger partial charge in [0.2, 0.25) is 0 Å². The summed E-state index contributed by atoms with van der Waals surface area (Å²) in [6.07, 6.45) is 0.